The number of anilines is 1. The molecule has 0 aliphatic carbocycles. The van der Waals surface area contributed by atoms with Crippen LogP contribution in [0.15, 0.2) is 18.2 Å². The normalized spacial score (nSPS) is 15.2. The van der Waals surface area contributed by atoms with Crippen LogP contribution < -0.4 is 16.4 Å². The van der Waals surface area contributed by atoms with Crippen LogP contribution in [0.5, 0.6) is 0 Å². The zero-order valence-electron chi connectivity index (χ0n) is 14.6. The Hall–Kier alpha value is -2.66. The van der Waals surface area contributed by atoms with Crippen LogP contribution in [0.2, 0.25) is 0 Å². The molecule has 8 heteroatoms. The number of carbonyl (C=O) groups is 2. The first-order valence-corrected chi connectivity index (χ1v) is 8.75. The number of nitrogens with one attached hydrogen (secondary N) is 2. The van der Waals surface area contributed by atoms with Crippen molar-refractivity contribution < 1.29 is 14.0 Å². The number of rotatable bonds is 7. The lowest BCUT2D eigenvalue weighted by Crippen LogP contribution is -2.39. The van der Waals surface area contributed by atoms with Crippen LogP contribution in [0.4, 0.5) is 14.9 Å². The lowest BCUT2D eigenvalue weighted by atomic mass is 9.96. The average Bonchev–Trinajstić information content (AvgIpc) is 2.63. The fourth-order valence-electron chi connectivity index (χ4n) is 2.99. The Bertz CT molecular complexity index is 681. The van der Waals surface area contributed by atoms with E-state index >= 15 is 0 Å². The third-order valence-corrected chi connectivity index (χ3v) is 4.53. The molecule has 4 N–H and O–H groups in total. The molecular formula is C18H24FN5O2. The van der Waals surface area contributed by atoms with Crippen molar-refractivity contribution >= 4 is 17.6 Å². The van der Waals surface area contributed by atoms with E-state index in [1.54, 1.807) is 0 Å². The zero-order chi connectivity index (χ0) is 18.9. The molecule has 1 heterocycles. The van der Waals surface area contributed by atoms with Crippen molar-refractivity contribution in [3.8, 4) is 6.07 Å². The maximum atomic E-state index is 13.1. The van der Waals surface area contributed by atoms with Crippen LogP contribution in [0.25, 0.3) is 0 Å². The summed E-state index contributed by atoms with van der Waals surface area (Å²) in [6, 6.07) is 5.06. The monoisotopic (exact) mass is 361 g/mol. The van der Waals surface area contributed by atoms with E-state index in [9.17, 15) is 14.0 Å². The largest absolute Gasteiger partial charge is 0.369 e. The number of nitrogens with zero attached hydrogens (tertiary/aromatic N) is 2. The van der Waals surface area contributed by atoms with E-state index in [4.69, 9.17) is 11.0 Å². The van der Waals surface area contributed by atoms with Crippen LogP contribution in [-0.4, -0.2) is 43.0 Å². The topological polar surface area (TPSA) is 111 Å². The van der Waals surface area contributed by atoms with Gasteiger partial charge in [-0.05, 0) is 63.5 Å². The van der Waals surface area contributed by atoms with E-state index in [-0.39, 0.29) is 23.1 Å². The fourth-order valence-corrected chi connectivity index (χ4v) is 2.99. The minimum atomic E-state index is -0.521. The number of piperidine rings is 1. The van der Waals surface area contributed by atoms with E-state index in [1.807, 2.05) is 6.07 Å². The molecule has 0 spiro atoms. The first kappa shape index (κ1) is 19.7. The number of carbonyl (C=O) groups excluding carboxylic acids is 2. The van der Waals surface area contributed by atoms with Gasteiger partial charge in [0.1, 0.15) is 11.9 Å². The highest BCUT2D eigenvalue weighted by Gasteiger charge is 2.22. The maximum Gasteiger partial charge on any atom is 0.319 e. The Morgan fingerprint density at radius 2 is 2.04 bits per heavy atom. The van der Waals surface area contributed by atoms with Gasteiger partial charge in [-0.2, -0.15) is 5.26 Å². The molecule has 2 rings (SSSR count). The highest BCUT2D eigenvalue weighted by molar-refractivity contribution is 5.90. The van der Waals surface area contributed by atoms with E-state index in [1.165, 1.54) is 12.1 Å². The third-order valence-electron chi connectivity index (χ3n) is 4.53. The van der Waals surface area contributed by atoms with Crippen LogP contribution >= 0.6 is 0 Å². The molecule has 0 unspecified atom stereocenters. The summed E-state index contributed by atoms with van der Waals surface area (Å²) in [4.78, 5) is 25.3. The predicted molar refractivity (Wildman–Crippen MR) is 95.7 cm³/mol. The Balaban J connectivity index is 1.61. The molecule has 26 heavy (non-hydrogen) atoms. The number of hydrogen-bond acceptors (Lipinski definition) is 4. The van der Waals surface area contributed by atoms with Gasteiger partial charge in [0.15, 0.2) is 0 Å². The van der Waals surface area contributed by atoms with E-state index < -0.39 is 11.8 Å². The van der Waals surface area contributed by atoms with Crippen molar-refractivity contribution in [1.82, 2.24) is 10.2 Å². The van der Waals surface area contributed by atoms with Crippen LogP contribution in [0.3, 0.4) is 0 Å². The Morgan fingerprint density at radius 1 is 1.31 bits per heavy atom. The molecule has 140 valence electrons. The van der Waals surface area contributed by atoms with Crippen molar-refractivity contribution in [2.75, 3.05) is 31.5 Å². The van der Waals surface area contributed by atoms with E-state index in [2.05, 4.69) is 15.5 Å². The van der Waals surface area contributed by atoms with Gasteiger partial charge in [-0.1, -0.05) is 0 Å². The van der Waals surface area contributed by atoms with Crippen LogP contribution in [-0.2, 0) is 4.79 Å². The quantitative estimate of drug-likeness (QED) is 0.643. The van der Waals surface area contributed by atoms with Crippen molar-refractivity contribution in [2.24, 2.45) is 11.7 Å². The SMILES string of the molecule is N#Cc1cc(F)ccc1NC(=O)NCCCCN1CCC(C(N)=O)CC1. The lowest BCUT2D eigenvalue weighted by Gasteiger charge is -2.30. The summed E-state index contributed by atoms with van der Waals surface area (Å²) < 4.78 is 13.1. The standard InChI is InChI=1S/C18H24FN5O2/c19-15-3-4-16(14(11-15)12-20)23-18(26)22-7-1-2-8-24-9-5-13(6-10-24)17(21)25/h3-4,11,13H,1-2,5-10H2,(H2,21,25)(H2,22,23,26). The van der Waals surface area contributed by atoms with Crippen molar-refractivity contribution in [3.05, 3.63) is 29.6 Å². The minimum Gasteiger partial charge on any atom is -0.369 e. The summed E-state index contributed by atoms with van der Waals surface area (Å²) in [6.07, 6.45) is 3.38. The van der Waals surface area contributed by atoms with E-state index in [0.717, 1.165) is 51.4 Å². The first-order valence-electron chi connectivity index (χ1n) is 8.75. The molecule has 1 aliphatic heterocycles. The van der Waals surface area contributed by atoms with Gasteiger partial charge in [-0.15, -0.1) is 0 Å². The molecule has 7 nitrogen and oxygen atoms in total. The van der Waals surface area contributed by atoms with E-state index in [0.29, 0.717) is 6.54 Å². The average molecular weight is 361 g/mol. The van der Waals surface area contributed by atoms with Crippen molar-refractivity contribution in [2.45, 2.75) is 25.7 Å². The Kier molecular flexibility index (Phi) is 7.36. The molecule has 0 radical (unpaired) electrons. The number of hydrogen-bond donors (Lipinski definition) is 3. The first-order chi connectivity index (χ1) is 12.5. The molecule has 0 aromatic heterocycles. The van der Waals surface area contributed by atoms with Crippen LogP contribution in [0, 0.1) is 23.1 Å². The van der Waals surface area contributed by atoms with Gasteiger partial charge >= 0.3 is 6.03 Å². The molecule has 0 saturated carbocycles. The summed E-state index contributed by atoms with van der Waals surface area (Å²) in [5, 5.41) is 14.2. The van der Waals surface area contributed by atoms with Gasteiger partial charge < -0.3 is 21.3 Å². The van der Waals surface area contributed by atoms with Gasteiger partial charge in [0, 0.05) is 12.5 Å². The molecule has 1 aliphatic rings. The number of benzene rings is 1. The number of primary amides is 1. The number of nitrogens with two attached hydrogens (primary N) is 1. The second-order valence-electron chi connectivity index (χ2n) is 6.41. The third kappa shape index (κ3) is 6.01. The summed E-state index contributed by atoms with van der Waals surface area (Å²) in [5.74, 6) is -0.727. The van der Waals surface area contributed by atoms with Crippen molar-refractivity contribution in [1.29, 1.82) is 5.26 Å². The smallest absolute Gasteiger partial charge is 0.319 e. The summed E-state index contributed by atoms with van der Waals surface area (Å²) in [7, 11) is 0. The lowest BCUT2D eigenvalue weighted by molar-refractivity contribution is -0.123. The number of nitriles is 1. The Labute approximate surface area is 152 Å². The molecule has 0 atom stereocenters. The minimum absolute atomic E-state index is 0.00127. The Morgan fingerprint density at radius 3 is 2.69 bits per heavy atom. The van der Waals surface area contributed by atoms with Crippen molar-refractivity contribution in [3.63, 3.8) is 0 Å². The second kappa shape index (κ2) is 9.73. The number of halogens is 1. The fraction of sp³-hybridized carbons (Fsp3) is 0.500. The predicted octanol–water partition coefficient (Wildman–Crippen LogP) is 1.80. The maximum absolute atomic E-state index is 13.1. The highest BCUT2D eigenvalue weighted by Crippen LogP contribution is 2.17. The highest BCUT2D eigenvalue weighted by atomic mass is 19.1. The second-order valence-corrected chi connectivity index (χ2v) is 6.41. The van der Waals surface area contributed by atoms with Crippen LogP contribution in [0.1, 0.15) is 31.2 Å². The number of likely N-dealkylation sites (tertiary alicyclic amines) is 1. The number of urea groups is 1. The van der Waals surface area contributed by atoms with Gasteiger partial charge in [-0.3, -0.25) is 4.79 Å². The molecule has 1 aromatic rings. The summed E-state index contributed by atoms with van der Waals surface area (Å²) in [5.41, 5.74) is 5.69. The molecular weight excluding hydrogens is 337 g/mol. The summed E-state index contributed by atoms with van der Waals surface area (Å²) in [6.45, 7) is 3.18. The van der Waals surface area contributed by atoms with Gasteiger partial charge in [0.2, 0.25) is 5.91 Å². The number of amides is 3. The van der Waals surface area contributed by atoms with Gasteiger partial charge in [-0.25, -0.2) is 9.18 Å². The molecule has 1 saturated heterocycles. The van der Waals surface area contributed by atoms with Gasteiger partial charge in [0.25, 0.3) is 0 Å². The molecule has 1 fully saturated rings. The molecule has 0 bridgehead atoms. The molecule has 1 aromatic carbocycles. The molecule has 3 amide bonds. The van der Waals surface area contributed by atoms with Gasteiger partial charge in [0.05, 0.1) is 11.3 Å². The summed E-state index contributed by atoms with van der Waals surface area (Å²) >= 11 is 0. The zero-order valence-corrected chi connectivity index (χ0v) is 14.6. The number of unbranched alkanes of at least 4 members (excludes halogenated alkanes) is 1.